The van der Waals surface area contributed by atoms with E-state index >= 15 is 0 Å². The fourth-order valence-electron chi connectivity index (χ4n) is 13.1. The molecule has 2 saturated heterocycles. The molecule has 2 heterocycles. The molecule has 0 N–H and O–H groups in total. The molecule has 8 aromatic carbocycles. The van der Waals surface area contributed by atoms with Crippen LogP contribution in [-0.2, 0) is 31.2 Å². The maximum atomic E-state index is 14.2. The summed E-state index contributed by atoms with van der Waals surface area (Å²) in [7, 11) is 0. The third kappa shape index (κ3) is 3.23. The molecule has 0 atom stereocenters. The summed E-state index contributed by atoms with van der Waals surface area (Å²) >= 11 is 0. The first kappa shape index (κ1) is 31.0. The van der Waals surface area contributed by atoms with Gasteiger partial charge in [-0.15, -0.1) is 0 Å². The average Bonchev–Trinajstić information content (AvgIpc) is 3.76. The van der Waals surface area contributed by atoms with Crippen LogP contribution < -0.4 is 0 Å². The molecule has 4 aliphatic rings. The first-order valence-corrected chi connectivity index (χ1v) is 20.0. The number of carbonyl (C=O) groups excluding carboxylic acids is 2. The topological polar surface area (TPSA) is 40.6 Å². The van der Waals surface area contributed by atoms with Crippen molar-refractivity contribution in [2.24, 2.45) is 0 Å². The van der Waals surface area contributed by atoms with E-state index in [1.54, 1.807) is 13.8 Å². The van der Waals surface area contributed by atoms with Crippen molar-refractivity contribution in [1.82, 2.24) is 9.80 Å². The zero-order chi connectivity index (χ0) is 37.3. The molecular weight excluding hydrogens is 685 g/mol. The van der Waals surface area contributed by atoms with Gasteiger partial charge in [-0.1, -0.05) is 97.1 Å². The molecule has 4 nitrogen and oxygen atoms in total. The molecule has 0 radical (unpaired) electrons. The van der Waals surface area contributed by atoms with E-state index in [9.17, 15) is 9.59 Å². The van der Waals surface area contributed by atoms with E-state index in [0.29, 0.717) is 26.2 Å². The van der Waals surface area contributed by atoms with E-state index in [1.165, 1.54) is 87.6 Å². The van der Waals surface area contributed by atoms with Crippen LogP contribution in [-0.4, -0.2) is 47.8 Å². The molecule has 56 heavy (non-hydrogen) atoms. The monoisotopic (exact) mass is 722 g/mol. The molecule has 0 saturated carbocycles. The molecule has 268 valence electrons. The molecule has 4 heteroatoms. The van der Waals surface area contributed by atoms with Crippen LogP contribution in [0.1, 0.15) is 58.4 Å². The summed E-state index contributed by atoms with van der Waals surface area (Å²) in [6.07, 6.45) is 0. The zero-order valence-electron chi connectivity index (χ0n) is 31.4. The highest BCUT2D eigenvalue weighted by Crippen LogP contribution is 2.76. The van der Waals surface area contributed by atoms with E-state index in [1.807, 2.05) is 0 Å². The van der Waals surface area contributed by atoms with Gasteiger partial charge in [0.15, 0.2) is 0 Å². The Morgan fingerprint density at radius 2 is 0.500 bits per heavy atom. The Hall–Kier alpha value is -6.26. The van der Waals surface area contributed by atoms with Crippen molar-refractivity contribution in [1.29, 1.82) is 0 Å². The average molecular weight is 723 g/mol. The Morgan fingerprint density at radius 1 is 0.339 bits per heavy atom. The van der Waals surface area contributed by atoms with Crippen molar-refractivity contribution in [2.75, 3.05) is 26.2 Å². The Morgan fingerprint density at radius 3 is 0.643 bits per heavy atom. The van der Waals surface area contributed by atoms with E-state index < -0.39 is 21.7 Å². The summed E-state index contributed by atoms with van der Waals surface area (Å²) in [5.74, 6) is 0.191. The second-order valence-electron chi connectivity index (χ2n) is 17.4. The first-order chi connectivity index (χ1) is 27.3. The number of benzene rings is 8. The summed E-state index contributed by atoms with van der Waals surface area (Å²) < 4.78 is 0. The van der Waals surface area contributed by atoms with Gasteiger partial charge in [-0.3, -0.25) is 9.59 Å². The van der Waals surface area contributed by atoms with Gasteiger partial charge in [0.25, 0.3) is 0 Å². The number of rotatable bonds is 0. The lowest BCUT2D eigenvalue weighted by molar-refractivity contribution is -0.129. The molecule has 4 spiro atoms. The summed E-state index contributed by atoms with van der Waals surface area (Å²) in [5, 5.41) is 9.60. The molecule has 2 aliphatic heterocycles. The van der Waals surface area contributed by atoms with Gasteiger partial charge in [0.1, 0.15) is 0 Å². The van der Waals surface area contributed by atoms with Gasteiger partial charge in [-0.25, -0.2) is 0 Å². The van der Waals surface area contributed by atoms with Crippen LogP contribution in [0.15, 0.2) is 146 Å². The highest BCUT2D eigenvalue weighted by molar-refractivity contribution is 5.98. The van der Waals surface area contributed by atoms with Gasteiger partial charge in [0, 0.05) is 40.0 Å². The third-order valence-corrected chi connectivity index (χ3v) is 15.3. The minimum atomic E-state index is -0.659. The number of likely N-dealkylation sites (tertiary alicyclic amines) is 2. The molecule has 0 bridgehead atoms. The SMILES string of the molecule is CC(=O)N1CC23c4cc5ccccc5cc4C4(CN(C(C)=O)CC45c4cc6ccccc6cc4C2(C1)c1cc2ccccc2cc15)c1cc2ccccc2cc13. The molecule has 12 rings (SSSR count). The first-order valence-electron chi connectivity index (χ1n) is 20.0. The number of fused-ring (bicyclic) bond motifs is 18. The van der Waals surface area contributed by atoms with Crippen LogP contribution in [0, 0.1) is 0 Å². The van der Waals surface area contributed by atoms with Gasteiger partial charge in [0.2, 0.25) is 11.8 Å². The molecule has 0 aromatic heterocycles. The van der Waals surface area contributed by atoms with Crippen molar-refractivity contribution in [2.45, 2.75) is 35.5 Å². The predicted molar refractivity (Wildman–Crippen MR) is 223 cm³/mol. The van der Waals surface area contributed by atoms with Crippen molar-refractivity contribution in [3.63, 3.8) is 0 Å². The van der Waals surface area contributed by atoms with E-state index in [4.69, 9.17) is 0 Å². The van der Waals surface area contributed by atoms with Gasteiger partial charge in [-0.2, -0.15) is 0 Å². The molecule has 2 aliphatic carbocycles. The molecule has 2 amide bonds. The lowest BCUT2D eigenvalue weighted by atomic mass is 9.35. The smallest absolute Gasteiger partial charge is 0.219 e. The molecule has 2 fully saturated rings. The Bertz CT molecular complexity index is 2580. The molecular formula is C52H38N2O2. The van der Waals surface area contributed by atoms with Crippen LogP contribution in [0.2, 0.25) is 0 Å². The predicted octanol–water partition coefficient (Wildman–Crippen LogP) is 9.51. The van der Waals surface area contributed by atoms with E-state index in [0.717, 1.165) is 0 Å². The van der Waals surface area contributed by atoms with Crippen molar-refractivity contribution < 1.29 is 9.59 Å². The van der Waals surface area contributed by atoms with Gasteiger partial charge >= 0.3 is 0 Å². The molecule has 0 unspecified atom stereocenters. The maximum absolute atomic E-state index is 14.2. The fraction of sp³-hybridized carbons (Fsp3) is 0.192. The highest BCUT2D eigenvalue weighted by Gasteiger charge is 2.78. The minimum absolute atomic E-state index is 0.0957. The number of hydrogen-bond donors (Lipinski definition) is 0. The van der Waals surface area contributed by atoms with Crippen molar-refractivity contribution >= 4 is 54.9 Å². The Balaban J connectivity index is 1.37. The maximum Gasteiger partial charge on any atom is 0.219 e. The van der Waals surface area contributed by atoms with Crippen LogP contribution >= 0.6 is 0 Å². The fourth-order valence-corrected chi connectivity index (χ4v) is 13.1. The van der Waals surface area contributed by atoms with Crippen LogP contribution in [0.5, 0.6) is 0 Å². The lowest BCUT2D eigenvalue weighted by Gasteiger charge is -2.65. The third-order valence-electron chi connectivity index (χ3n) is 15.3. The van der Waals surface area contributed by atoms with Crippen LogP contribution in [0.3, 0.4) is 0 Å². The van der Waals surface area contributed by atoms with Crippen molar-refractivity contribution in [3.05, 3.63) is 190 Å². The molecule has 8 aromatic rings. The number of hydrogen-bond acceptors (Lipinski definition) is 2. The second-order valence-corrected chi connectivity index (χ2v) is 17.4. The second kappa shape index (κ2) is 9.94. The number of nitrogens with zero attached hydrogens (tertiary/aromatic N) is 2. The van der Waals surface area contributed by atoms with Gasteiger partial charge in [0.05, 0.1) is 21.7 Å². The van der Waals surface area contributed by atoms with Crippen LogP contribution in [0.25, 0.3) is 43.1 Å². The Kier molecular flexibility index (Phi) is 5.50. The van der Waals surface area contributed by atoms with E-state index in [-0.39, 0.29) is 11.8 Å². The summed E-state index contributed by atoms with van der Waals surface area (Å²) in [5.41, 5.74) is 7.77. The minimum Gasteiger partial charge on any atom is -0.340 e. The summed E-state index contributed by atoms with van der Waals surface area (Å²) in [6, 6.07) is 55.0. The highest BCUT2D eigenvalue weighted by atomic mass is 16.2. The summed E-state index contributed by atoms with van der Waals surface area (Å²) in [4.78, 5) is 32.7. The quantitative estimate of drug-likeness (QED) is 0.157. The zero-order valence-corrected chi connectivity index (χ0v) is 31.4. The largest absolute Gasteiger partial charge is 0.340 e. The lowest BCUT2D eigenvalue weighted by Crippen LogP contribution is -2.67. The van der Waals surface area contributed by atoms with E-state index in [2.05, 4.69) is 155 Å². The number of amides is 2. The normalized spacial score (nSPS) is 26.1. The Labute approximate surface area is 325 Å². The van der Waals surface area contributed by atoms with Crippen LogP contribution in [0.4, 0.5) is 0 Å². The number of carbonyl (C=O) groups is 2. The standard InChI is InChI=1S/C52H38N2O2/c1-31(55)53-27-49-41-19-33-11-3-7-15-37(33)23-45(41)51(46-24-38-16-8-4-12-34(38)20-42(46)49)29-54(32(2)56)30-52(51)47-25-39-17-9-5-13-35(39)21-43(47)50(49,28-53)44-22-36-14-6-10-18-40(36)26-48(44)52/h3-26H,27-30H2,1-2H3. The summed E-state index contributed by atoms with van der Waals surface area (Å²) in [6.45, 7) is 5.72. The van der Waals surface area contributed by atoms with Gasteiger partial charge in [-0.05, 0) is 136 Å². The van der Waals surface area contributed by atoms with Gasteiger partial charge < -0.3 is 9.80 Å². The van der Waals surface area contributed by atoms with Crippen molar-refractivity contribution in [3.8, 4) is 0 Å².